The number of methoxy groups -OCH3 is 1. The van der Waals surface area contributed by atoms with Crippen molar-refractivity contribution < 1.29 is 17.9 Å². The van der Waals surface area contributed by atoms with E-state index in [0.717, 1.165) is 12.1 Å². The number of ether oxygens (including phenoxy) is 1. The molecule has 1 aromatic heterocycles. The molecule has 3 rings (SSSR count). The molecule has 0 unspecified atom stereocenters. The van der Waals surface area contributed by atoms with Gasteiger partial charge in [-0.1, -0.05) is 0 Å². The van der Waals surface area contributed by atoms with Gasteiger partial charge in [0.05, 0.1) is 18.3 Å². The molecule has 1 N–H and O–H groups in total. The molecule has 3 aromatic rings. The zero-order chi connectivity index (χ0) is 15.7. The van der Waals surface area contributed by atoms with E-state index >= 15 is 0 Å². The number of hydrogen-bond acceptors (Lipinski definition) is 4. The highest BCUT2D eigenvalue weighted by Crippen LogP contribution is 2.28. The average Bonchev–Trinajstić information content (AvgIpc) is 2.55. The first kappa shape index (κ1) is 14.1. The molecule has 0 saturated heterocycles. The maximum atomic E-state index is 13.7. The van der Waals surface area contributed by atoms with E-state index in [2.05, 4.69) is 15.3 Å². The number of nitrogens with one attached hydrogen (secondary N) is 1. The molecule has 0 aliphatic heterocycles. The Hall–Kier alpha value is -2.83. The summed E-state index contributed by atoms with van der Waals surface area (Å²) in [5.74, 6) is -3.21. The molecule has 2 aromatic carbocycles. The van der Waals surface area contributed by atoms with Crippen LogP contribution in [0.5, 0.6) is 5.75 Å². The van der Waals surface area contributed by atoms with Gasteiger partial charge in [-0.2, -0.15) is 0 Å². The molecule has 0 amide bonds. The molecular weight excluding hydrogens is 295 g/mol. The van der Waals surface area contributed by atoms with Gasteiger partial charge in [0.2, 0.25) is 0 Å². The molecule has 0 radical (unpaired) electrons. The fraction of sp³-hybridized carbons (Fsp3) is 0.0667. The van der Waals surface area contributed by atoms with E-state index in [1.807, 2.05) is 0 Å². The van der Waals surface area contributed by atoms with Crippen LogP contribution in [0, 0.1) is 17.5 Å². The van der Waals surface area contributed by atoms with E-state index in [-0.39, 0.29) is 11.5 Å². The Morgan fingerprint density at radius 1 is 1.00 bits per heavy atom. The Bertz CT molecular complexity index is 855. The normalized spacial score (nSPS) is 10.7. The third-order valence-electron chi connectivity index (χ3n) is 3.13. The molecule has 112 valence electrons. The Labute approximate surface area is 123 Å². The van der Waals surface area contributed by atoms with Crippen LogP contribution in [0.3, 0.4) is 0 Å². The minimum Gasteiger partial charge on any atom is -0.497 e. The highest BCUT2D eigenvalue weighted by molar-refractivity contribution is 5.91. The number of anilines is 2. The number of halogens is 3. The Kier molecular flexibility index (Phi) is 3.54. The van der Waals surface area contributed by atoms with Crippen molar-refractivity contribution in [2.75, 3.05) is 12.4 Å². The average molecular weight is 305 g/mol. The number of nitrogens with zero attached hydrogens (tertiary/aromatic N) is 2. The van der Waals surface area contributed by atoms with Crippen LogP contribution in [0.1, 0.15) is 0 Å². The molecule has 0 saturated carbocycles. The second-order valence-corrected chi connectivity index (χ2v) is 4.45. The van der Waals surface area contributed by atoms with E-state index in [0.29, 0.717) is 16.7 Å². The SMILES string of the molecule is COc1ccc2c(Nc3ccc(F)c(F)c3F)ncnc2c1. The Morgan fingerprint density at radius 3 is 2.59 bits per heavy atom. The molecule has 0 spiro atoms. The van der Waals surface area contributed by atoms with Gasteiger partial charge >= 0.3 is 0 Å². The minimum atomic E-state index is -1.54. The summed E-state index contributed by atoms with van der Waals surface area (Å²) in [4.78, 5) is 8.09. The lowest BCUT2D eigenvalue weighted by Gasteiger charge is -2.10. The van der Waals surface area contributed by atoms with Crippen LogP contribution in [0.2, 0.25) is 0 Å². The standard InChI is InChI=1S/C15H10F3N3O/c1-22-8-2-3-9-12(6-8)19-7-20-15(9)21-11-5-4-10(16)13(17)14(11)18/h2-7H,1H3,(H,19,20,21). The van der Waals surface area contributed by atoms with Gasteiger partial charge in [-0.3, -0.25) is 0 Å². The minimum absolute atomic E-state index is 0.213. The van der Waals surface area contributed by atoms with Crippen LogP contribution in [0.4, 0.5) is 24.7 Å². The van der Waals surface area contributed by atoms with E-state index in [9.17, 15) is 13.2 Å². The van der Waals surface area contributed by atoms with Gasteiger partial charge in [-0.25, -0.2) is 23.1 Å². The fourth-order valence-corrected chi connectivity index (χ4v) is 2.01. The van der Waals surface area contributed by atoms with Crippen LogP contribution in [0.25, 0.3) is 10.9 Å². The number of benzene rings is 2. The van der Waals surface area contributed by atoms with Gasteiger partial charge < -0.3 is 10.1 Å². The van der Waals surface area contributed by atoms with E-state index in [1.165, 1.54) is 13.4 Å². The summed E-state index contributed by atoms with van der Waals surface area (Å²) in [7, 11) is 1.53. The number of aromatic nitrogens is 2. The van der Waals surface area contributed by atoms with E-state index in [4.69, 9.17) is 4.74 Å². The van der Waals surface area contributed by atoms with E-state index < -0.39 is 17.5 Å². The second kappa shape index (κ2) is 5.51. The van der Waals surface area contributed by atoms with E-state index in [1.54, 1.807) is 18.2 Å². The highest BCUT2D eigenvalue weighted by atomic mass is 19.2. The quantitative estimate of drug-likeness (QED) is 0.748. The molecular formula is C15H10F3N3O. The van der Waals surface area contributed by atoms with Gasteiger partial charge in [0.1, 0.15) is 17.9 Å². The topological polar surface area (TPSA) is 47.0 Å². The van der Waals surface area contributed by atoms with Gasteiger partial charge in [-0.15, -0.1) is 0 Å². The summed E-state index contributed by atoms with van der Waals surface area (Å²) in [6, 6.07) is 7.01. The number of hydrogen-bond donors (Lipinski definition) is 1. The van der Waals surface area contributed by atoms with Crippen LogP contribution in [0.15, 0.2) is 36.7 Å². The number of rotatable bonds is 3. The number of fused-ring (bicyclic) bond motifs is 1. The molecule has 0 aliphatic carbocycles. The predicted octanol–water partition coefficient (Wildman–Crippen LogP) is 3.80. The van der Waals surface area contributed by atoms with Crippen molar-refractivity contribution in [1.82, 2.24) is 9.97 Å². The predicted molar refractivity (Wildman–Crippen MR) is 75.7 cm³/mol. The van der Waals surface area contributed by atoms with Crippen molar-refractivity contribution >= 4 is 22.4 Å². The summed E-state index contributed by atoms with van der Waals surface area (Å²) in [6.07, 6.45) is 1.28. The Balaban J connectivity index is 2.06. The lowest BCUT2D eigenvalue weighted by Crippen LogP contribution is -2.01. The maximum absolute atomic E-state index is 13.7. The lowest BCUT2D eigenvalue weighted by atomic mass is 10.2. The molecule has 0 fully saturated rings. The van der Waals surface area contributed by atoms with Crippen LogP contribution < -0.4 is 10.1 Å². The van der Waals surface area contributed by atoms with Crippen molar-refractivity contribution in [2.24, 2.45) is 0 Å². The monoisotopic (exact) mass is 305 g/mol. The molecule has 0 atom stereocenters. The van der Waals surface area contributed by atoms with Crippen molar-refractivity contribution in [3.8, 4) is 5.75 Å². The van der Waals surface area contributed by atoms with Crippen molar-refractivity contribution in [1.29, 1.82) is 0 Å². The summed E-state index contributed by atoms with van der Waals surface area (Å²) >= 11 is 0. The molecule has 7 heteroatoms. The smallest absolute Gasteiger partial charge is 0.196 e. The zero-order valence-corrected chi connectivity index (χ0v) is 11.4. The van der Waals surface area contributed by atoms with Gasteiger partial charge in [0.25, 0.3) is 0 Å². The van der Waals surface area contributed by atoms with Crippen molar-refractivity contribution in [2.45, 2.75) is 0 Å². The van der Waals surface area contributed by atoms with Gasteiger partial charge in [0, 0.05) is 11.5 Å². The second-order valence-electron chi connectivity index (χ2n) is 4.45. The first-order chi connectivity index (χ1) is 10.6. The van der Waals surface area contributed by atoms with Crippen LogP contribution in [-0.4, -0.2) is 17.1 Å². The molecule has 4 nitrogen and oxygen atoms in total. The van der Waals surface area contributed by atoms with Crippen LogP contribution >= 0.6 is 0 Å². The van der Waals surface area contributed by atoms with Gasteiger partial charge in [0.15, 0.2) is 17.5 Å². The largest absolute Gasteiger partial charge is 0.497 e. The Morgan fingerprint density at radius 2 is 1.82 bits per heavy atom. The molecule has 0 aliphatic rings. The highest BCUT2D eigenvalue weighted by Gasteiger charge is 2.15. The maximum Gasteiger partial charge on any atom is 0.196 e. The van der Waals surface area contributed by atoms with Crippen molar-refractivity contribution in [3.63, 3.8) is 0 Å². The lowest BCUT2D eigenvalue weighted by molar-refractivity contribution is 0.415. The summed E-state index contributed by atoms with van der Waals surface area (Å²) < 4.78 is 45.0. The third-order valence-corrected chi connectivity index (χ3v) is 3.13. The zero-order valence-electron chi connectivity index (χ0n) is 11.4. The summed E-state index contributed by atoms with van der Waals surface area (Å²) in [6.45, 7) is 0. The summed E-state index contributed by atoms with van der Waals surface area (Å²) in [5.41, 5.74) is 0.356. The fourth-order valence-electron chi connectivity index (χ4n) is 2.01. The van der Waals surface area contributed by atoms with Gasteiger partial charge in [-0.05, 0) is 24.3 Å². The first-order valence-electron chi connectivity index (χ1n) is 6.29. The van der Waals surface area contributed by atoms with Crippen molar-refractivity contribution in [3.05, 3.63) is 54.1 Å². The third kappa shape index (κ3) is 2.41. The molecule has 0 bridgehead atoms. The molecule has 22 heavy (non-hydrogen) atoms. The first-order valence-corrected chi connectivity index (χ1v) is 6.29. The van der Waals surface area contributed by atoms with Crippen LogP contribution in [-0.2, 0) is 0 Å². The summed E-state index contributed by atoms with van der Waals surface area (Å²) in [5, 5.41) is 3.24. The molecule has 1 heterocycles.